The minimum atomic E-state index is -0.258. The van der Waals surface area contributed by atoms with E-state index in [0.29, 0.717) is 11.3 Å². The van der Waals surface area contributed by atoms with Crippen molar-refractivity contribution in [3.05, 3.63) is 58.7 Å². The van der Waals surface area contributed by atoms with Crippen LogP contribution in [-0.2, 0) is 4.79 Å². The molecule has 0 saturated heterocycles. The third-order valence-corrected chi connectivity index (χ3v) is 3.77. The monoisotopic (exact) mass is 311 g/mol. The Kier molecular flexibility index (Phi) is 5.16. The topological polar surface area (TPSA) is 55.4 Å². The summed E-state index contributed by atoms with van der Waals surface area (Å²) in [6.07, 6.45) is 0. The second-order valence-electron chi connectivity index (χ2n) is 5.63. The molecule has 1 amide bonds. The number of benzene rings is 2. The lowest BCUT2D eigenvalue weighted by molar-refractivity contribution is -0.118. The van der Waals surface area contributed by atoms with Crippen LogP contribution in [0.15, 0.2) is 36.4 Å². The molecule has 0 atom stereocenters. The lowest BCUT2D eigenvalue weighted by atomic mass is 10.1. The lowest BCUT2D eigenvalue weighted by Gasteiger charge is -2.14. The molecule has 120 valence electrons. The van der Waals surface area contributed by atoms with E-state index in [1.807, 2.05) is 32.9 Å². The van der Waals surface area contributed by atoms with Gasteiger partial charge in [-0.15, -0.1) is 0 Å². The first kappa shape index (κ1) is 16.7. The first-order chi connectivity index (χ1) is 10.9. The quantitative estimate of drug-likeness (QED) is 0.854. The second-order valence-corrected chi connectivity index (χ2v) is 5.63. The molecule has 0 saturated carbocycles. The van der Waals surface area contributed by atoms with Gasteiger partial charge in [0.25, 0.3) is 5.91 Å². The molecular formula is C19H21NO3. The Morgan fingerprint density at radius 1 is 1.04 bits per heavy atom. The van der Waals surface area contributed by atoms with Crippen molar-refractivity contribution in [3.63, 3.8) is 0 Å². The van der Waals surface area contributed by atoms with Crippen LogP contribution in [0.4, 0.5) is 5.69 Å². The van der Waals surface area contributed by atoms with Crippen molar-refractivity contribution in [2.75, 3.05) is 11.9 Å². The molecule has 0 aliphatic carbocycles. The number of hydrogen-bond acceptors (Lipinski definition) is 3. The maximum Gasteiger partial charge on any atom is 0.262 e. The number of rotatable bonds is 5. The van der Waals surface area contributed by atoms with E-state index < -0.39 is 0 Å². The molecule has 2 aromatic rings. The molecule has 2 aromatic carbocycles. The largest absolute Gasteiger partial charge is 0.483 e. The zero-order chi connectivity index (χ0) is 17.0. The fraction of sp³-hybridized carbons (Fsp3) is 0.263. The van der Waals surface area contributed by atoms with Gasteiger partial charge in [-0.05, 0) is 56.5 Å². The number of ketones is 1. The average Bonchev–Trinajstić information content (AvgIpc) is 2.51. The predicted molar refractivity (Wildman–Crippen MR) is 91.2 cm³/mol. The molecule has 1 N–H and O–H groups in total. The van der Waals surface area contributed by atoms with E-state index in [9.17, 15) is 9.59 Å². The Labute approximate surface area is 136 Å². The van der Waals surface area contributed by atoms with E-state index >= 15 is 0 Å². The number of ether oxygens (including phenoxy) is 1. The summed E-state index contributed by atoms with van der Waals surface area (Å²) in [6.45, 7) is 7.36. The van der Waals surface area contributed by atoms with E-state index in [1.165, 1.54) is 6.92 Å². The van der Waals surface area contributed by atoms with Gasteiger partial charge in [-0.25, -0.2) is 0 Å². The molecule has 2 rings (SSSR count). The highest BCUT2D eigenvalue weighted by Gasteiger charge is 2.10. The second kappa shape index (κ2) is 7.09. The third-order valence-electron chi connectivity index (χ3n) is 3.77. The summed E-state index contributed by atoms with van der Waals surface area (Å²) >= 11 is 0. The van der Waals surface area contributed by atoms with Crippen LogP contribution < -0.4 is 10.1 Å². The zero-order valence-corrected chi connectivity index (χ0v) is 13.9. The van der Waals surface area contributed by atoms with Gasteiger partial charge in [0.05, 0.1) is 0 Å². The molecule has 23 heavy (non-hydrogen) atoms. The Morgan fingerprint density at radius 2 is 1.74 bits per heavy atom. The van der Waals surface area contributed by atoms with Gasteiger partial charge in [-0.2, -0.15) is 0 Å². The summed E-state index contributed by atoms with van der Waals surface area (Å²) in [6, 6.07) is 10.9. The summed E-state index contributed by atoms with van der Waals surface area (Å²) < 4.78 is 5.68. The lowest BCUT2D eigenvalue weighted by Crippen LogP contribution is -2.21. The van der Waals surface area contributed by atoms with Crippen molar-refractivity contribution in [2.24, 2.45) is 0 Å². The number of nitrogens with one attached hydrogen (secondary N) is 1. The van der Waals surface area contributed by atoms with Gasteiger partial charge in [-0.3, -0.25) is 9.59 Å². The summed E-state index contributed by atoms with van der Waals surface area (Å²) in [5.41, 5.74) is 4.31. The SMILES string of the molecule is CC(=O)c1cccc(NC(=O)COc2c(C)ccc(C)c2C)c1. The summed E-state index contributed by atoms with van der Waals surface area (Å²) in [5, 5.41) is 2.74. The number of carbonyl (C=O) groups excluding carboxylic acids is 2. The Bertz CT molecular complexity index is 750. The molecule has 0 unspecified atom stereocenters. The molecular weight excluding hydrogens is 290 g/mol. The number of Topliss-reactive ketones (excluding diaryl/α,β-unsaturated/α-hetero) is 1. The minimum absolute atomic E-state index is 0.0386. The number of anilines is 1. The highest BCUT2D eigenvalue weighted by Crippen LogP contribution is 2.25. The molecule has 0 heterocycles. The number of carbonyl (C=O) groups is 2. The maximum atomic E-state index is 12.1. The van der Waals surface area contributed by atoms with Gasteiger partial charge < -0.3 is 10.1 Å². The van der Waals surface area contributed by atoms with Crippen LogP contribution in [0.1, 0.15) is 34.0 Å². The van der Waals surface area contributed by atoms with Crippen LogP contribution in [0, 0.1) is 20.8 Å². The number of amides is 1. The van der Waals surface area contributed by atoms with Crippen molar-refractivity contribution >= 4 is 17.4 Å². The molecule has 0 aromatic heterocycles. The normalized spacial score (nSPS) is 10.3. The fourth-order valence-electron chi connectivity index (χ4n) is 2.30. The van der Waals surface area contributed by atoms with Crippen LogP contribution in [0.2, 0.25) is 0 Å². The van der Waals surface area contributed by atoms with Crippen molar-refractivity contribution in [1.29, 1.82) is 0 Å². The molecule has 0 aliphatic rings. The van der Waals surface area contributed by atoms with Crippen molar-refractivity contribution in [3.8, 4) is 5.75 Å². The van der Waals surface area contributed by atoms with Crippen molar-refractivity contribution < 1.29 is 14.3 Å². The predicted octanol–water partition coefficient (Wildman–Crippen LogP) is 3.83. The molecule has 0 spiro atoms. The molecule has 0 radical (unpaired) electrons. The highest BCUT2D eigenvalue weighted by molar-refractivity contribution is 5.97. The van der Waals surface area contributed by atoms with E-state index in [4.69, 9.17) is 4.74 Å². The highest BCUT2D eigenvalue weighted by atomic mass is 16.5. The zero-order valence-electron chi connectivity index (χ0n) is 13.9. The third kappa shape index (κ3) is 4.19. The molecule has 0 fully saturated rings. The Morgan fingerprint density at radius 3 is 2.43 bits per heavy atom. The van der Waals surface area contributed by atoms with Crippen molar-refractivity contribution in [1.82, 2.24) is 0 Å². The Hall–Kier alpha value is -2.62. The van der Waals surface area contributed by atoms with Crippen LogP contribution in [0.3, 0.4) is 0 Å². The van der Waals surface area contributed by atoms with Gasteiger partial charge >= 0.3 is 0 Å². The van der Waals surface area contributed by atoms with Gasteiger partial charge in [0.2, 0.25) is 0 Å². The Balaban J connectivity index is 2.02. The first-order valence-electron chi connectivity index (χ1n) is 7.49. The molecule has 0 aliphatic heterocycles. The van der Waals surface area contributed by atoms with Gasteiger partial charge in [0.1, 0.15) is 5.75 Å². The van der Waals surface area contributed by atoms with Crippen LogP contribution in [0.5, 0.6) is 5.75 Å². The van der Waals surface area contributed by atoms with Crippen LogP contribution >= 0.6 is 0 Å². The van der Waals surface area contributed by atoms with E-state index in [1.54, 1.807) is 24.3 Å². The standard InChI is InChI=1S/C19H21NO3/c1-12-8-9-13(2)19(14(12)3)23-11-18(22)20-17-7-5-6-16(10-17)15(4)21/h5-10H,11H2,1-4H3,(H,20,22). The molecule has 4 nitrogen and oxygen atoms in total. The van der Waals surface area contributed by atoms with E-state index in [0.717, 1.165) is 22.4 Å². The smallest absolute Gasteiger partial charge is 0.262 e. The first-order valence-corrected chi connectivity index (χ1v) is 7.49. The fourth-order valence-corrected chi connectivity index (χ4v) is 2.30. The summed E-state index contributed by atoms with van der Waals surface area (Å²) in [4.78, 5) is 23.4. The average molecular weight is 311 g/mol. The number of hydrogen-bond donors (Lipinski definition) is 1. The minimum Gasteiger partial charge on any atom is -0.483 e. The van der Waals surface area contributed by atoms with Crippen LogP contribution in [0.25, 0.3) is 0 Å². The summed E-state index contributed by atoms with van der Waals surface area (Å²) in [5.74, 6) is 0.451. The van der Waals surface area contributed by atoms with E-state index in [2.05, 4.69) is 5.32 Å². The van der Waals surface area contributed by atoms with Crippen molar-refractivity contribution in [2.45, 2.75) is 27.7 Å². The van der Waals surface area contributed by atoms with Gasteiger partial charge in [0, 0.05) is 11.3 Å². The van der Waals surface area contributed by atoms with Gasteiger partial charge in [-0.1, -0.05) is 24.3 Å². The molecule has 4 heteroatoms. The maximum absolute atomic E-state index is 12.1. The number of aryl methyl sites for hydroxylation is 2. The van der Waals surface area contributed by atoms with Crippen LogP contribution in [-0.4, -0.2) is 18.3 Å². The van der Waals surface area contributed by atoms with Gasteiger partial charge in [0.15, 0.2) is 12.4 Å². The summed E-state index contributed by atoms with van der Waals surface area (Å²) in [7, 11) is 0. The van der Waals surface area contributed by atoms with E-state index in [-0.39, 0.29) is 18.3 Å². The molecule has 0 bridgehead atoms.